The second-order valence-electron chi connectivity index (χ2n) is 4.33. The van der Waals surface area contributed by atoms with Gasteiger partial charge in [0.05, 0.1) is 23.7 Å². The van der Waals surface area contributed by atoms with E-state index in [1.807, 2.05) is 12.1 Å². The summed E-state index contributed by atoms with van der Waals surface area (Å²) in [4.78, 5) is 0. The summed E-state index contributed by atoms with van der Waals surface area (Å²) >= 11 is 9.33. The normalized spacial score (nSPS) is 10.3. The Kier molecular flexibility index (Phi) is 5.20. The zero-order chi connectivity index (χ0) is 15.4. The first-order chi connectivity index (χ1) is 10.0. The minimum atomic E-state index is 0.0658. The molecule has 0 aliphatic carbocycles. The molecule has 6 heteroatoms. The summed E-state index contributed by atoms with van der Waals surface area (Å²) < 4.78 is 11.4. The third-order valence-electron chi connectivity index (χ3n) is 2.94. The quantitative estimate of drug-likeness (QED) is 0.762. The number of aromatic hydroxyl groups is 1. The van der Waals surface area contributed by atoms with Crippen LogP contribution in [0.3, 0.4) is 0 Å². The van der Waals surface area contributed by atoms with Gasteiger partial charge in [-0.05, 0) is 51.8 Å². The second kappa shape index (κ2) is 6.91. The molecule has 2 rings (SSSR count). The summed E-state index contributed by atoms with van der Waals surface area (Å²) in [5.74, 6) is 1.39. The van der Waals surface area contributed by atoms with Gasteiger partial charge >= 0.3 is 0 Å². The maximum Gasteiger partial charge on any atom is 0.174 e. The average molecular weight is 373 g/mol. The lowest BCUT2D eigenvalue weighted by atomic mass is 10.2. The highest BCUT2D eigenvalue weighted by Crippen LogP contribution is 2.36. The van der Waals surface area contributed by atoms with E-state index in [0.29, 0.717) is 23.1 Å². The number of phenols is 1. The van der Waals surface area contributed by atoms with Crippen LogP contribution in [0.5, 0.6) is 17.2 Å². The molecule has 2 aromatic carbocycles. The zero-order valence-electron chi connectivity index (χ0n) is 11.6. The highest BCUT2D eigenvalue weighted by molar-refractivity contribution is 9.10. The molecule has 0 heterocycles. The van der Waals surface area contributed by atoms with E-state index >= 15 is 0 Å². The Balaban J connectivity index is 2.16. The van der Waals surface area contributed by atoms with Crippen LogP contribution in [0.2, 0.25) is 5.02 Å². The minimum absolute atomic E-state index is 0.0658. The molecular formula is C15H15BrClNO3. The van der Waals surface area contributed by atoms with Gasteiger partial charge in [0.15, 0.2) is 11.5 Å². The van der Waals surface area contributed by atoms with E-state index in [0.717, 1.165) is 15.7 Å². The van der Waals surface area contributed by atoms with E-state index in [1.54, 1.807) is 32.4 Å². The average Bonchev–Trinajstić information content (AvgIpc) is 2.47. The van der Waals surface area contributed by atoms with Gasteiger partial charge in [-0.2, -0.15) is 0 Å². The third kappa shape index (κ3) is 3.74. The Morgan fingerprint density at radius 1 is 1.19 bits per heavy atom. The van der Waals surface area contributed by atoms with Gasteiger partial charge in [0.2, 0.25) is 0 Å². The Bertz CT molecular complexity index is 649. The molecule has 0 unspecified atom stereocenters. The number of halogens is 2. The van der Waals surface area contributed by atoms with Gasteiger partial charge in [0.25, 0.3) is 0 Å². The van der Waals surface area contributed by atoms with E-state index in [9.17, 15) is 5.11 Å². The number of benzene rings is 2. The topological polar surface area (TPSA) is 50.7 Å². The first-order valence-electron chi connectivity index (χ1n) is 6.18. The fourth-order valence-electron chi connectivity index (χ4n) is 1.89. The highest BCUT2D eigenvalue weighted by Gasteiger charge is 2.10. The fraction of sp³-hybridized carbons (Fsp3) is 0.200. The molecule has 0 aliphatic heterocycles. The number of hydrogen-bond acceptors (Lipinski definition) is 4. The Hall–Kier alpha value is -1.59. The minimum Gasteiger partial charge on any atom is -0.506 e. The van der Waals surface area contributed by atoms with Crippen LogP contribution in [0.4, 0.5) is 5.69 Å². The molecule has 0 bridgehead atoms. The van der Waals surface area contributed by atoms with Gasteiger partial charge < -0.3 is 19.9 Å². The molecule has 0 saturated carbocycles. The van der Waals surface area contributed by atoms with Crippen LogP contribution in [-0.4, -0.2) is 19.3 Å². The summed E-state index contributed by atoms with van der Waals surface area (Å²) in [7, 11) is 3.19. The number of ether oxygens (including phenoxy) is 2. The molecule has 0 aliphatic rings. The van der Waals surface area contributed by atoms with Crippen molar-refractivity contribution >= 4 is 33.2 Å². The molecular weight excluding hydrogens is 358 g/mol. The van der Waals surface area contributed by atoms with Gasteiger partial charge in [-0.25, -0.2) is 0 Å². The number of nitrogens with one attached hydrogen (secondary N) is 1. The number of anilines is 1. The number of rotatable bonds is 5. The van der Waals surface area contributed by atoms with E-state index < -0.39 is 0 Å². The van der Waals surface area contributed by atoms with Gasteiger partial charge in [0.1, 0.15) is 5.75 Å². The van der Waals surface area contributed by atoms with Gasteiger partial charge in [-0.1, -0.05) is 11.6 Å². The number of hydrogen-bond donors (Lipinski definition) is 2. The Morgan fingerprint density at radius 3 is 2.57 bits per heavy atom. The predicted octanol–water partition coefficient (Wildman–Crippen LogP) is 4.44. The van der Waals surface area contributed by atoms with Crippen molar-refractivity contribution in [3.8, 4) is 17.2 Å². The van der Waals surface area contributed by atoms with Crippen molar-refractivity contribution in [1.29, 1.82) is 0 Å². The van der Waals surface area contributed by atoms with Crippen LogP contribution in [-0.2, 0) is 6.54 Å². The fourth-order valence-corrected chi connectivity index (χ4v) is 2.73. The molecule has 21 heavy (non-hydrogen) atoms. The lowest BCUT2D eigenvalue weighted by molar-refractivity contribution is 0.352. The lowest BCUT2D eigenvalue weighted by Gasteiger charge is -2.13. The monoisotopic (exact) mass is 371 g/mol. The van der Waals surface area contributed by atoms with E-state index in [2.05, 4.69) is 21.2 Å². The van der Waals surface area contributed by atoms with Gasteiger partial charge in [-0.15, -0.1) is 0 Å². The van der Waals surface area contributed by atoms with Crippen molar-refractivity contribution in [2.24, 2.45) is 0 Å². The number of methoxy groups -OCH3 is 2. The summed E-state index contributed by atoms with van der Waals surface area (Å²) in [5.41, 5.74) is 1.84. The molecule has 4 nitrogen and oxygen atoms in total. The third-order valence-corrected chi connectivity index (χ3v) is 3.83. The molecule has 112 valence electrons. The number of phenolic OH excluding ortho intramolecular Hbond substituents is 1. The van der Waals surface area contributed by atoms with Crippen molar-refractivity contribution in [3.63, 3.8) is 0 Å². The van der Waals surface area contributed by atoms with Crippen molar-refractivity contribution in [2.45, 2.75) is 6.54 Å². The van der Waals surface area contributed by atoms with Gasteiger partial charge in [-0.3, -0.25) is 0 Å². The zero-order valence-corrected chi connectivity index (χ0v) is 14.0. The van der Waals surface area contributed by atoms with Crippen LogP contribution in [0, 0.1) is 0 Å². The van der Waals surface area contributed by atoms with Crippen LogP contribution in [0.1, 0.15) is 5.56 Å². The maximum atomic E-state index is 9.39. The first-order valence-corrected chi connectivity index (χ1v) is 7.35. The molecule has 2 N–H and O–H groups in total. The molecule has 0 radical (unpaired) electrons. The summed E-state index contributed by atoms with van der Waals surface area (Å²) in [5, 5.41) is 12.9. The lowest BCUT2D eigenvalue weighted by Crippen LogP contribution is -2.01. The summed E-state index contributed by atoms with van der Waals surface area (Å²) in [6.07, 6.45) is 0. The van der Waals surface area contributed by atoms with Crippen LogP contribution in [0.25, 0.3) is 0 Å². The molecule has 0 fully saturated rings. The van der Waals surface area contributed by atoms with Gasteiger partial charge in [0, 0.05) is 12.2 Å². The summed E-state index contributed by atoms with van der Waals surface area (Å²) in [6.45, 7) is 0.583. The molecule has 0 atom stereocenters. The maximum absolute atomic E-state index is 9.39. The predicted molar refractivity (Wildman–Crippen MR) is 87.7 cm³/mol. The van der Waals surface area contributed by atoms with Crippen molar-refractivity contribution in [1.82, 2.24) is 0 Å². The van der Waals surface area contributed by atoms with E-state index in [-0.39, 0.29) is 5.75 Å². The smallest absolute Gasteiger partial charge is 0.174 e. The molecule has 0 saturated heterocycles. The molecule has 0 spiro atoms. The largest absolute Gasteiger partial charge is 0.506 e. The molecule has 0 amide bonds. The Labute approximate surface area is 136 Å². The van der Waals surface area contributed by atoms with Crippen LogP contribution in [0.15, 0.2) is 34.8 Å². The molecule has 2 aromatic rings. The standard InChI is InChI=1S/C15H15BrClNO3/c1-20-14-6-9(5-11(16)15(14)21-2)8-18-10-3-4-13(19)12(17)7-10/h3-7,18-19H,8H2,1-2H3. The van der Waals surface area contributed by atoms with Crippen molar-refractivity contribution < 1.29 is 14.6 Å². The molecule has 0 aromatic heterocycles. The van der Waals surface area contributed by atoms with Crippen molar-refractivity contribution in [2.75, 3.05) is 19.5 Å². The highest BCUT2D eigenvalue weighted by atomic mass is 79.9. The van der Waals surface area contributed by atoms with Crippen LogP contribution >= 0.6 is 27.5 Å². The van der Waals surface area contributed by atoms with E-state index in [4.69, 9.17) is 21.1 Å². The Morgan fingerprint density at radius 2 is 1.95 bits per heavy atom. The SMILES string of the molecule is COc1cc(CNc2ccc(O)c(Cl)c2)cc(Br)c1OC. The summed E-state index contributed by atoms with van der Waals surface area (Å²) in [6, 6.07) is 8.84. The van der Waals surface area contributed by atoms with Crippen molar-refractivity contribution in [3.05, 3.63) is 45.4 Å². The second-order valence-corrected chi connectivity index (χ2v) is 5.59. The van der Waals surface area contributed by atoms with Crippen LogP contribution < -0.4 is 14.8 Å². The first kappa shape index (κ1) is 15.8. The van der Waals surface area contributed by atoms with E-state index in [1.165, 1.54) is 0 Å².